The Morgan fingerprint density at radius 2 is 1.79 bits per heavy atom. The van der Waals surface area contributed by atoms with E-state index in [-0.39, 0.29) is 21.9 Å². The molecule has 3 rings (SSSR count). The number of hydrogen-bond donors (Lipinski definition) is 1. The highest BCUT2D eigenvalue weighted by Crippen LogP contribution is 2.38. The molecule has 0 saturated heterocycles. The Labute approximate surface area is 204 Å². The Hall–Kier alpha value is -2.97. The minimum Gasteiger partial charge on any atom is -0.437 e. The Morgan fingerprint density at radius 3 is 2.38 bits per heavy atom. The lowest BCUT2D eigenvalue weighted by Gasteiger charge is -2.23. The van der Waals surface area contributed by atoms with Gasteiger partial charge in [0.1, 0.15) is 16.6 Å². The van der Waals surface area contributed by atoms with Gasteiger partial charge in [-0.05, 0) is 54.7 Å². The van der Waals surface area contributed by atoms with Crippen LogP contribution in [0.1, 0.15) is 47.8 Å². The number of nitrogens with one attached hydrogen (secondary N) is 1. The molecular weight excluding hydrogens is 479 g/mol. The van der Waals surface area contributed by atoms with Crippen LogP contribution in [-0.2, 0) is 15.4 Å². The molecule has 1 N–H and O–H groups in total. The number of aryl methyl sites for hydroxylation is 2. The van der Waals surface area contributed by atoms with Crippen LogP contribution >= 0.6 is 11.6 Å². The van der Waals surface area contributed by atoms with E-state index >= 15 is 0 Å². The van der Waals surface area contributed by atoms with Crippen LogP contribution in [0.15, 0.2) is 42.6 Å². The summed E-state index contributed by atoms with van der Waals surface area (Å²) in [6, 6.07) is 9.92. The van der Waals surface area contributed by atoms with Crippen LogP contribution < -0.4 is 9.46 Å². The largest absolute Gasteiger partial charge is 0.437 e. The number of aromatic nitrogens is 1. The fourth-order valence-electron chi connectivity index (χ4n) is 3.46. The number of sulfonamides is 1. The molecule has 0 bridgehead atoms. The molecule has 0 aliphatic carbocycles. The highest BCUT2D eigenvalue weighted by molar-refractivity contribution is 7.89. The van der Waals surface area contributed by atoms with Crippen molar-refractivity contribution in [1.29, 1.82) is 0 Å². The molecule has 0 unspecified atom stereocenters. The number of pyridine rings is 1. The molecule has 0 atom stereocenters. The highest BCUT2D eigenvalue weighted by atomic mass is 35.5. The van der Waals surface area contributed by atoms with Crippen molar-refractivity contribution >= 4 is 27.5 Å². The van der Waals surface area contributed by atoms with Gasteiger partial charge in [0.15, 0.2) is 0 Å². The molecular formula is C25H26ClFN2O4S. The van der Waals surface area contributed by atoms with E-state index in [1.54, 1.807) is 17.7 Å². The van der Waals surface area contributed by atoms with Crippen molar-refractivity contribution in [3.05, 3.63) is 75.7 Å². The minimum atomic E-state index is -3.82. The first kappa shape index (κ1) is 25.6. The number of halogens is 2. The Morgan fingerprint density at radius 1 is 1.12 bits per heavy atom. The van der Waals surface area contributed by atoms with Crippen molar-refractivity contribution < 1.29 is 22.3 Å². The summed E-state index contributed by atoms with van der Waals surface area (Å²) in [6.45, 7) is 9.95. The number of hydrogen-bond acceptors (Lipinski definition) is 5. The summed E-state index contributed by atoms with van der Waals surface area (Å²) in [4.78, 5) is 16.4. The van der Waals surface area contributed by atoms with Crippen LogP contribution in [0, 0.1) is 19.7 Å². The van der Waals surface area contributed by atoms with E-state index in [1.807, 2.05) is 19.1 Å². The number of carbonyl (C=O) groups is 1. The van der Waals surface area contributed by atoms with Gasteiger partial charge in [0, 0.05) is 17.3 Å². The molecule has 2 aromatic carbocycles. The predicted octanol–water partition coefficient (Wildman–Crippen LogP) is 5.94. The van der Waals surface area contributed by atoms with Crippen LogP contribution in [0.25, 0.3) is 11.1 Å². The molecule has 0 spiro atoms. The zero-order valence-electron chi connectivity index (χ0n) is 19.8. The predicted molar refractivity (Wildman–Crippen MR) is 132 cm³/mol. The molecule has 1 aromatic heterocycles. The molecule has 6 nitrogen and oxygen atoms in total. The molecule has 9 heteroatoms. The van der Waals surface area contributed by atoms with Gasteiger partial charge in [-0.25, -0.2) is 22.5 Å². The maximum atomic E-state index is 14.7. The maximum absolute atomic E-state index is 14.7. The van der Waals surface area contributed by atoms with Gasteiger partial charge in [-0.1, -0.05) is 50.1 Å². The lowest BCUT2D eigenvalue weighted by atomic mass is 9.85. The van der Waals surface area contributed by atoms with E-state index in [0.717, 1.165) is 23.4 Å². The molecule has 0 fully saturated rings. The number of amides is 1. The average Bonchev–Trinajstić information content (AvgIpc) is 2.70. The van der Waals surface area contributed by atoms with E-state index < -0.39 is 21.7 Å². The summed E-state index contributed by atoms with van der Waals surface area (Å²) in [5, 5.41) is 0.233. The monoisotopic (exact) mass is 504 g/mol. The summed E-state index contributed by atoms with van der Waals surface area (Å²) in [7, 11) is -3.82. The second-order valence-corrected chi connectivity index (χ2v) is 11.4. The van der Waals surface area contributed by atoms with Crippen LogP contribution in [0.4, 0.5) is 4.39 Å². The molecule has 0 aliphatic rings. The molecule has 3 aromatic rings. The molecule has 0 aliphatic heterocycles. The van der Waals surface area contributed by atoms with Crippen molar-refractivity contribution in [3.8, 4) is 22.8 Å². The summed E-state index contributed by atoms with van der Waals surface area (Å²) < 4.78 is 45.1. The van der Waals surface area contributed by atoms with Crippen molar-refractivity contribution in [2.75, 3.05) is 6.26 Å². The van der Waals surface area contributed by atoms with Gasteiger partial charge in [0.05, 0.1) is 11.8 Å². The molecule has 0 saturated carbocycles. The van der Waals surface area contributed by atoms with Crippen molar-refractivity contribution in [3.63, 3.8) is 0 Å². The van der Waals surface area contributed by atoms with E-state index in [2.05, 4.69) is 31.8 Å². The van der Waals surface area contributed by atoms with Crippen LogP contribution in [0.3, 0.4) is 0 Å². The molecule has 1 amide bonds. The van der Waals surface area contributed by atoms with Crippen LogP contribution in [-0.4, -0.2) is 25.6 Å². The second kappa shape index (κ2) is 9.35. The first-order chi connectivity index (χ1) is 15.7. The lowest BCUT2D eigenvalue weighted by molar-refractivity contribution is 0.0977. The van der Waals surface area contributed by atoms with Crippen LogP contribution in [0.2, 0.25) is 5.02 Å². The third-order valence-electron chi connectivity index (χ3n) is 5.10. The highest BCUT2D eigenvalue weighted by Gasteiger charge is 2.22. The first-order valence-corrected chi connectivity index (χ1v) is 12.7. The number of ether oxygens (including phenoxy) is 1. The summed E-state index contributed by atoms with van der Waals surface area (Å²) in [6.07, 6.45) is 2.33. The Kier molecular flexibility index (Phi) is 7.05. The molecule has 1 heterocycles. The van der Waals surface area contributed by atoms with Gasteiger partial charge in [0.25, 0.3) is 5.91 Å². The van der Waals surface area contributed by atoms with Crippen molar-refractivity contribution in [2.45, 2.75) is 40.0 Å². The van der Waals surface area contributed by atoms with Crippen molar-refractivity contribution in [2.24, 2.45) is 0 Å². The lowest BCUT2D eigenvalue weighted by Crippen LogP contribution is -2.30. The molecule has 0 radical (unpaired) electrons. The zero-order valence-corrected chi connectivity index (χ0v) is 21.4. The van der Waals surface area contributed by atoms with Crippen molar-refractivity contribution in [1.82, 2.24) is 9.71 Å². The number of carbonyl (C=O) groups excluding carboxylic acids is 1. The fourth-order valence-corrected chi connectivity index (χ4v) is 4.11. The summed E-state index contributed by atoms with van der Waals surface area (Å²) in [5.41, 5.74) is 3.10. The topological polar surface area (TPSA) is 85.4 Å². The Bertz CT molecular complexity index is 1380. The second-order valence-electron chi connectivity index (χ2n) is 9.21. The number of nitrogens with zero attached hydrogens (tertiary/aromatic N) is 1. The fraction of sp³-hybridized carbons (Fsp3) is 0.280. The van der Waals surface area contributed by atoms with Gasteiger partial charge in [-0.3, -0.25) is 4.79 Å². The normalized spacial score (nSPS) is 11.9. The van der Waals surface area contributed by atoms with Gasteiger partial charge in [-0.15, -0.1) is 0 Å². The molecule has 180 valence electrons. The number of rotatable bonds is 5. The standard InChI is InChI=1S/C25H26ClFN2O4S/c1-14-7-8-22(19(9-14)25(3,4)5)33-24-20(26)11-16(13-28-24)17-12-21(27)18(10-15(17)2)23(30)29-34(6,31)32/h7-13H,1-6H3,(H,29,30). The van der Waals surface area contributed by atoms with E-state index in [9.17, 15) is 17.6 Å². The molecule has 34 heavy (non-hydrogen) atoms. The van der Waals surface area contributed by atoms with E-state index in [0.29, 0.717) is 22.4 Å². The first-order valence-electron chi connectivity index (χ1n) is 10.4. The third-order valence-corrected chi connectivity index (χ3v) is 5.93. The third kappa shape index (κ3) is 5.93. The maximum Gasteiger partial charge on any atom is 0.267 e. The quantitative estimate of drug-likeness (QED) is 0.465. The Balaban J connectivity index is 1.95. The SMILES string of the molecule is Cc1ccc(Oc2ncc(-c3cc(F)c(C(=O)NS(C)(=O)=O)cc3C)cc2Cl)c(C(C)(C)C)c1. The number of benzene rings is 2. The van der Waals surface area contributed by atoms with Gasteiger partial charge in [-0.2, -0.15) is 0 Å². The smallest absolute Gasteiger partial charge is 0.267 e. The van der Waals surface area contributed by atoms with Gasteiger partial charge >= 0.3 is 0 Å². The van der Waals surface area contributed by atoms with Crippen LogP contribution in [0.5, 0.6) is 11.6 Å². The minimum absolute atomic E-state index is 0.159. The van der Waals surface area contributed by atoms with E-state index in [4.69, 9.17) is 16.3 Å². The van der Waals surface area contributed by atoms with Gasteiger partial charge < -0.3 is 4.74 Å². The van der Waals surface area contributed by atoms with E-state index in [1.165, 1.54) is 12.3 Å². The van der Waals surface area contributed by atoms with Gasteiger partial charge in [0.2, 0.25) is 15.9 Å². The summed E-state index contributed by atoms with van der Waals surface area (Å²) >= 11 is 6.46. The zero-order chi connectivity index (χ0) is 25.4. The average molecular weight is 505 g/mol. The summed E-state index contributed by atoms with van der Waals surface area (Å²) in [5.74, 6) is -1.05.